The van der Waals surface area contributed by atoms with Gasteiger partial charge in [-0.25, -0.2) is 0 Å². The number of rotatable bonds is 2. The Morgan fingerprint density at radius 3 is 2.28 bits per heavy atom. The molecule has 0 radical (unpaired) electrons. The molecule has 0 spiro atoms. The van der Waals surface area contributed by atoms with Crippen molar-refractivity contribution >= 4 is 11.6 Å². The first kappa shape index (κ1) is 13.9. The smallest absolute Gasteiger partial charge is 0.0858 e. The highest BCUT2D eigenvalue weighted by atomic mass is 35.5. The fourth-order valence-corrected chi connectivity index (χ4v) is 3.34. The van der Waals surface area contributed by atoms with Crippen molar-refractivity contribution in [3.8, 4) is 0 Å². The molecule has 1 fully saturated rings. The van der Waals surface area contributed by atoms with Crippen molar-refractivity contribution in [2.75, 3.05) is 0 Å². The minimum absolute atomic E-state index is 0.0103. The number of aliphatic hydroxyl groups excluding tert-OH is 1. The molecule has 0 amide bonds. The summed E-state index contributed by atoms with van der Waals surface area (Å²) >= 11 is 6.32. The lowest BCUT2D eigenvalue weighted by atomic mass is 9.70. The standard InChI is InChI=1S/C16H23ClO/c1-11-9-13(14(17)10-12(11)2)15(18)16(3)7-5-4-6-8-16/h9-10,15,18H,4-8H2,1-3H3. The summed E-state index contributed by atoms with van der Waals surface area (Å²) in [5.74, 6) is 0. The predicted octanol–water partition coefficient (Wildman–Crippen LogP) is 4.96. The molecular formula is C16H23ClO. The molecule has 1 atom stereocenters. The number of aryl methyl sites for hydroxylation is 2. The maximum absolute atomic E-state index is 10.7. The van der Waals surface area contributed by atoms with E-state index in [2.05, 4.69) is 26.8 Å². The molecule has 1 nitrogen and oxygen atoms in total. The third-order valence-corrected chi connectivity index (χ3v) is 4.89. The molecule has 0 bridgehead atoms. The molecule has 1 N–H and O–H groups in total. The molecule has 2 rings (SSSR count). The van der Waals surface area contributed by atoms with E-state index in [1.54, 1.807) is 0 Å². The number of hydrogen-bond donors (Lipinski definition) is 1. The Bertz CT molecular complexity index is 433. The first-order valence-corrected chi connectivity index (χ1v) is 7.26. The Morgan fingerprint density at radius 2 is 1.67 bits per heavy atom. The van der Waals surface area contributed by atoms with E-state index in [4.69, 9.17) is 11.6 Å². The van der Waals surface area contributed by atoms with Gasteiger partial charge in [-0.2, -0.15) is 0 Å². The van der Waals surface area contributed by atoms with Crippen molar-refractivity contribution in [3.05, 3.63) is 33.8 Å². The van der Waals surface area contributed by atoms with Crippen LogP contribution in [0.4, 0.5) is 0 Å². The SMILES string of the molecule is Cc1cc(Cl)c(C(O)C2(C)CCCCC2)cc1C. The van der Waals surface area contributed by atoms with Crippen molar-refractivity contribution in [1.29, 1.82) is 0 Å². The van der Waals surface area contributed by atoms with Gasteiger partial charge in [0.05, 0.1) is 6.10 Å². The highest BCUT2D eigenvalue weighted by Gasteiger charge is 2.36. The van der Waals surface area contributed by atoms with Crippen LogP contribution < -0.4 is 0 Å². The van der Waals surface area contributed by atoms with E-state index in [9.17, 15) is 5.11 Å². The lowest BCUT2D eigenvalue weighted by molar-refractivity contribution is 0.00822. The maximum atomic E-state index is 10.7. The van der Waals surface area contributed by atoms with Gasteiger partial charge in [-0.1, -0.05) is 43.9 Å². The van der Waals surface area contributed by atoms with E-state index in [0.717, 1.165) is 18.4 Å². The molecule has 0 aliphatic heterocycles. The fourth-order valence-electron chi connectivity index (χ4n) is 3.02. The van der Waals surface area contributed by atoms with Crippen LogP contribution in [-0.2, 0) is 0 Å². The van der Waals surface area contributed by atoms with E-state index < -0.39 is 6.10 Å². The van der Waals surface area contributed by atoms with E-state index in [1.165, 1.54) is 30.4 Å². The van der Waals surface area contributed by atoms with Crippen LogP contribution >= 0.6 is 11.6 Å². The van der Waals surface area contributed by atoms with Crippen LogP contribution in [0.3, 0.4) is 0 Å². The Kier molecular flexibility index (Phi) is 4.03. The van der Waals surface area contributed by atoms with Crippen molar-refractivity contribution in [2.24, 2.45) is 5.41 Å². The lowest BCUT2D eigenvalue weighted by Crippen LogP contribution is -2.28. The van der Waals surface area contributed by atoms with Gasteiger partial charge < -0.3 is 5.11 Å². The average molecular weight is 267 g/mol. The molecule has 0 heterocycles. The summed E-state index contributed by atoms with van der Waals surface area (Å²) in [6, 6.07) is 4.03. The van der Waals surface area contributed by atoms with Gasteiger partial charge in [-0.3, -0.25) is 0 Å². The van der Waals surface area contributed by atoms with E-state index in [0.29, 0.717) is 5.02 Å². The summed E-state index contributed by atoms with van der Waals surface area (Å²) in [7, 11) is 0. The minimum Gasteiger partial charge on any atom is -0.388 e. The first-order chi connectivity index (χ1) is 8.44. The molecule has 1 aromatic carbocycles. The Morgan fingerprint density at radius 1 is 1.11 bits per heavy atom. The molecule has 1 aliphatic carbocycles. The number of aliphatic hydroxyl groups is 1. The third kappa shape index (κ3) is 2.57. The second kappa shape index (κ2) is 5.22. The summed E-state index contributed by atoms with van der Waals surface area (Å²) in [5.41, 5.74) is 3.28. The zero-order valence-corrected chi connectivity index (χ0v) is 12.3. The van der Waals surface area contributed by atoms with Crippen LogP contribution in [0.5, 0.6) is 0 Å². The van der Waals surface area contributed by atoms with E-state index >= 15 is 0 Å². The van der Waals surface area contributed by atoms with Crippen LogP contribution in [0.1, 0.15) is 61.8 Å². The van der Waals surface area contributed by atoms with Crippen molar-refractivity contribution in [3.63, 3.8) is 0 Å². The monoisotopic (exact) mass is 266 g/mol. The highest BCUT2D eigenvalue weighted by Crippen LogP contribution is 2.47. The molecule has 1 unspecified atom stereocenters. The second-order valence-corrected chi connectivity index (χ2v) is 6.48. The predicted molar refractivity (Wildman–Crippen MR) is 77.1 cm³/mol. The minimum atomic E-state index is -0.440. The van der Waals surface area contributed by atoms with E-state index in [-0.39, 0.29) is 5.41 Å². The summed E-state index contributed by atoms with van der Waals surface area (Å²) in [4.78, 5) is 0. The summed E-state index contributed by atoms with van der Waals surface area (Å²) < 4.78 is 0. The van der Waals surface area contributed by atoms with Gasteiger partial charge in [0.2, 0.25) is 0 Å². The number of hydrogen-bond acceptors (Lipinski definition) is 1. The Labute approximate surface area is 115 Å². The topological polar surface area (TPSA) is 20.2 Å². The fraction of sp³-hybridized carbons (Fsp3) is 0.625. The van der Waals surface area contributed by atoms with Gasteiger partial charge >= 0.3 is 0 Å². The third-order valence-electron chi connectivity index (χ3n) is 4.56. The molecule has 0 aromatic heterocycles. The van der Waals surface area contributed by atoms with Crippen molar-refractivity contribution in [2.45, 2.75) is 59.0 Å². The molecule has 100 valence electrons. The first-order valence-electron chi connectivity index (χ1n) is 6.89. The summed E-state index contributed by atoms with van der Waals surface area (Å²) in [6.45, 7) is 6.33. The highest BCUT2D eigenvalue weighted by molar-refractivity contribution is 6.31. The van der Waals surface area contributed by atoms with Gasteiger partial charge in [0.1, 0.15) is 0 Å². The molecule has 1 aromatic rings. The van der Waals surface area contributed by atoms with Gasteiger partial charge in [-0.05, 0) is 54.9 Å². The molecule has 18 heavy (non-hydrogen) atoms. The largest absolute Gasteiger partial charge is 0.388 e. The normalized spacial score (nSPS) is 20.7. The zero-order chi connectivity index (χ0) is 13.3. The summed E-state index contributed by atoms with van der Waals surface area (Å²) in [6.07, 6.45) is 5.48. The van der Waals surface area contributed by atoms with E-state index in [1.807, 2.05) is 6.07 Å². The Balaban J connectivity index is 2.33. The van der Waals surface area contributed by atoms with Crippen LogP contribution in [0.25, 0.3) is 0 Å². The second-order valence-electron chi connectivity index (χ2n) is 6.08. The zero-order valence-electron chi connectivity index (χ0n) is 11.6. The van der Waals surface area contributed by atoms with Crippen LogP contribution in [-0.4, -0.2) is 5.11 Å². The lowest BCUT2D eigenvalue weighted by Gasteiger charge is -2.38. The van der Waals surface area contributed by atoms with Gasteiger partial charge in [0.15, 0.2) is 0 Å². The molecule has 1 saturated carbocycles. The quantitative estimate of drug-likeness (QED) is 0.802. The Hall–Kier alpha value is -0.530. The average Bonchev–Trinajstić information content (AvgIpc) is 2.34. The van der Waals surface area contributed by atoms with Gasteiger partial charge in [0, 0.05) is 5.02 Å². The maximum Gasteiger partial charge on any atom is 0.0858 e. The van der Waals surface area contributed by atoms with Crippen molar-refractivity contribution in [1.82, 2.24) is 0 Å². The van der Waals surface area contributed by atoms with Crippen LogP contribution in [0.15, 0.2) is 12.1 Å². The number of halogens is 1. The van der Waals surface area contributed by atoms with Gasteiger partial charge in [-0.15, -0.1) is 0 Å². The van der Waals surface area contributed by atoms with Gasteiger partial charge in [0.25, 0.3) is 0 Å². The molecule has 0 saturated heterocycles. The summed E-state index contributed by atoms with van der Waals surface area (Å²) in [5, 5.41) is 11.4. The molecular weight excluding hydrogens is 244 g/mol. The molecule has 2 heteroatoms. The number of benzene rings is 1. The van der Waals surface area contributed by atoms with Crippen LogP contribution in [0.2, 0.25) is 5.02 Å². The van der Waals surface area contributed by atoms with Crippen molar-refractivity contribution < 1.29 is 5.11 Å². The van der Waals surface area contributed by atoms with Crippen LogP contribution in [0, 0.1) is 19.3 Å². The molecule has 1 aliphatic rings.